The number of rotatable bonds is 5. The number of carboxylic acid groups (broad SMARTS) is 1. The first-order valence-corrected chi connectivity index (χ1v) is 6.01. The molecule has 3 nitrogen and oxygen atoms in total. The third kappa shape index (κ3) is 3.63. The van der Waals surface area contributed by atoms with Crippen LogP contribution in [0.25, 0.3) is 0 Å². The summed E-state index contributed by atoms with van der Waals surface area (Å²) in [6.45, 7) is 6.51. The van der Waals surface area contributed by atoms with Gasteiger partial charge in [0.1, 0.15) is 0 Å². The largest absolute Gasteiger partial charge is 0.479 e. The van der Waals surface area contributed by atoms with Gasteiger partial charge in [0.2, 0.25) is 0 Å². The second-order valence-corrected chi connectivity index (χ2v) is 5.02. The van der Waals surface area contributed by atoms with Gasteiger partial charge in [-0.05, 0) is 30.6 Å². The summed E-state index contributed by atoms with van der Waals surface area (Å²) in [4.78, 5) is 11.0. The van der Waals surface area contributed by atoms with Gasteiger partial charge in [-0.1, -0.05) is 32.9 Å². The Hall–Kier alpha value is -0.830. The smallest absolute Gasteiger partial charge is 0.333 e. The summed E-state index contributed by atoms with van der Waals surface area (Å²) in [7, 11) is 0. The van der Waals surface area contributed by atoms with Crippen LogP contribution in [-0.4, -0.2) is 23.8 Å². The molecular formula is C13H22O3. The van der Waals surface area contributed by atoms with Gasteiger partial charge in [0.25, 0.3) is 0 Å². The Morgan fingerprint density at radius 3 is 2.56 bits per heavy atom. The minimum absolute atomic E-state index is 0.0203. The number of carboxylic acids is 1. The van der Waals surface area contributed by atoms with Gasteiger partial charge in [0.05, 0.1) is 6.61 Å². The molecule has 0 fully saturated rings. The zero-order chi connectivity index (χ0) is 12.1. The van der Waals surface area contributed by atoms with Gasteiger partial charge in [0.15, 0.2) is 6.10 Å². The Balaban J connectivity index is 2.42. The molecule has 0 aromatic rings. The van der Waals surface area contributed by atoms with E-state index in [-0.39, 0.29) is 5.92 Å². The standard InChI is InChI=1S/C13H22O3/c1-9(2)12(13(14)15)16-8-11-7-5-4-6-10(11)3/h4-5,9-12H,6-8H2,1-3H3,(H,14,15). The molecule has 16 heavy (non-hydrogen) atoms. The fourth-order valence-electron chi connectivity index (χ4n) is 2.02. The zero-order valence-corrected chi connectivity index (χ0v) is 10.3. The Morgan fingerprint density at radius 2 is 2.06 bits per heavy atom. The zero-order valence-electron chi connectivity index (χ0n) is 10.3. The van der Waals surface area contributed by atoms with E-state index in [1.54, 1.807) is 0 Å². The van der Waals surface area contributed by atoms with Crippen LogP contribution in [0.5, 0.6) is 0 Å². The van der Waals surface area contributed by atoms with Crippen LogP contribution in [0, 0.1) is 17.8 Å². The van der Waals surface area contributed by atoms with Crippen LogP contribution in [-0.2, 0) is 9.53 Å². The molecule has 0 spiro atoms. The molecular weight excluding hydrogens is 204 g/mol. The highest BCUT2D eigenvalue weighted by Gasteiger charge is 2.25. The van der Waals surface area contributed by atoms with E-state index in [0.29, 0.717) is 18.4 Å². The second kappa shape index (κ2) is 6.04. The van der Waals surface area contributed by atoms with Crippen molar-refractivity contribution in [1.29, 1.82) is 0 Å². The topological polar surface area (TPSA) is 46.5 Å². The molecule has 0 amide bonds. The molecule has 0 saturated heterocycles. The van der Waals surface area contributed by atoms with Gasteiger partial charge in [-0.25, -0.2) is 4.79 Å². The lowest BCUT2D eigenvalue weighted by molar-refractivity contribution is -0.154. The Bertz CT molecular complexity index is 258. The predicted molar refractivity (Wildman–Crippen MR) is 63.2 cm³/mol. The molecule has 3 heteroatoms. The molecule has 0 radical (unpaired) electrons. The second-order valence-electron chi connectivity index (χ2n) is 5.02. The quantitative estimate of drug-likeness (QED) is 0.733. The van der Waals surface area contributed by atoms with Crippen molar-refractivity contribution in [2.45, 2.75) is 39.7 Å². The number of ether oxygens (including phenoxy) is 1. The van der Waals surface area contributed by atoms with Crippen LogP contribution >= 0.6 is 0 Å². The first-order chi connectivity index (χ1) is 7.52. The van der Waals surface area contributed by atoms with Gasteiger partial charge >= 0.3 is 5.97 Å². The number of hydrogen-bond donors (Lipinski definition) is 1. The van der Waals surface area contributed by atoms with Gasteiger partial charge in [-0.15, -0.1) is 0 Å². The molecule has 0 bridgehead atoms. The minimum Gasteiger partial charge on any atom is -0.479 e. The van der Waals surface area contributed by atoms with Crippen molar-refractivity contribution in [3.05, 3.63) is 12.2 Å². The van der Waals surface area contributed by atoms with Crippen LogP contribution in [0.2, 0.25) is 0 Å². The summed E-state index contributed by atoms with van der Waals surface area (Å²) in [5, 5.41) is 9.00. The maximum Gasteiger partial charge on any atom is 0.333 e. The molecule has 0 saturated carbocycles. The maximum atomic E-state index is 11.0. The molecule has 0 aliphatic heterocycles. The molecule has 1 aliphatic carbocycles. The van der Waals surface area contributed by atoms with E-state index in [9.17, 15) is 4.79 Å². The summed E-state index contributed by atoms with van der Waals surface area (Å²) < 4.78 is 5.54. The molecule has 1 N–H and O–H groups in total. The van der Waals surface area contributed by atoms with Crippen LogP contribution < -0.4 is 0 Å². The van der Waals surface area contributed by atoms with Crippen LogP contribution in [0.3, 0.4) is 0 Å². The van der Waals surface area contributed by atoms with Gasteiger partial charge in [0, 0.05) is 0 Å². The average Bonchev–Trinajstić information content (AvgIpc) is 2.20. The van der Waals surface area contributed by atoms with Crippen molar-refractivity contribution in [3.63, 3.8) is 0 Å². The van der Waals surface area contributed by atoms with Gasteiger partial charge in [-0.3, -0.25) is 0 Å². The Morgan fingerprint density at radius 1 is 1.44 bits per heavy atom. The highest BCUT2D eigenvalue weighted by atomic mass is 16.5. The van der Waals surface area contributed by atoms with E-state index in [0.717, 1.165) is 12.8 Å². The third-order valence-electron chi connectivity index (χ3n) is 3.26. The summed E-state index contributed by atoms with van der Waals surface area (Å²) in [6.07, 6.45) is 5.77. The summed E-state index contributed by atoms with van der Waals surface area (Å²) >= 11 is 0. The van der Waals surface area contributed by atoms with E-state index >= 15 is 0 Å². The molecule has 0 aromatic heterocycles. The van der Waals surface area contributed by atoms with Crippen molar-refractivity contribution in [3.8, 4) is 0 Å². The lowest BCUT2D eigenvalue weighted by Crippen LogP contribution is -2.32. The summed E-state index contributed by atoms with van der Waals surface area (Å²) in [5.74, 6) is 0.221. The van der Waals surface area contributed by atoms with E-state index < -0.39 is 12.1 Å². The van der Waals surface area contributed by atoms with Crippen LogP contribution in [0.1, 0.15) is 33.6 Å². The molecule has 0 heterocycles. The van der Waals surface area contributed by atoms with Gasteiger partial charge in [-0.2, -0.15) is 0 Å². The number of aliphatic carboxylic acids is 1. The lowest BCUT2D eigenvalue weighted by atomic mass is 9.85. The van der Waals surface area contributed by atoms with E-state index in [1.807, 2.05) is 13.8 Å². The fraction of sp³-hybridized carbons (Fsp3) is 0.769. The third-order valence-corrected chi connectivity index (χ3v) is 3.26. The first-order valence-electron chi connectivity index (χ1n) is 6.01. The highest BCUT2D eigenvalue weighted by Crippen LogP contribution is 2.25. The molecule has 3 unspecified atom stereocenters. The molecule has 92 valence electrons. The predicted octanol–water partition coefficient (Wildman–Crippen LogP) is 2.71. The van der Waals surface area contributed by atoms with E-state index in [4.69, 9.17) is 9.84 Å². The van der Waals surface area contributed by atoms with Crippen molar-refractivity contribution in [2.24, 2.45) is 17.8 Å². The van der Waals surface area contributed by atoms with E-state index in [2.05, 4.69) is 19.1 Å². The van der Waals surface area contributed by atoms with Gasteiger partial charge < -0.3 is 9.84 Å². The SMILES string of the molecule is CC(C)C(OCC1CC=CCC1C)C(=O)O. The number of allylic oxidation sites excluding steroid dienone is 2. The Labute approximate surface area is 97.5 Å². The summed E-state index contributed by atoms with van der Waals surface area (Å²) in [6, 6.07) is 0. The number of hydrogen-bond acceptors (Lipinski definition) is 2. The van der Waals surface area contributed by atoms with Crippen molar-refractivity contribution < 1.29 is 14.6 Å². The first kappa shape index (κ1) is 13.2. The lowest BCUT2D eigenvalue weighted by Gasteiger charge is -2.27. The minimum atomic E-state index is -0.853. The molecule has 1 aliphatic rings. The monoisotopic (exact) mass is 226 g/mol. The van der Waals surface area contributed by atoms with Crippen LogP contribution in [0.15, 0.2) is 12.2 Å². The maximum absolute atomic E-state index is 11.0. The summed E-state index contributed by atoms with van der Waals surface area (Å²) in [5.41, 5.74) is 0. The average molecular weight is 226 g/mol. The Kier molecular flexibility index (Phi) is 5.00. The van der Waals surface area contributed by atoms with E-state index in [1.165, 1.54) is 0 Å². The molecule has 3 atom stereocenters. The molecule has 1 rings (SSSR count). The van der Waals surface area contributed by atoms with Crippen LogP contribution in [0.4, 0.5) is 0 Å². The van der Waals surface area contributed by atoms with Crippen molar-refractivity contribution >= 4 is 5.97 Å². The fourth-order valence-corrected chi connectivity index (χ4v) is 2.02. The normalized spacial score (nSPS) is 27.0. The number of carbonyl (C=O) groups is 1. The van der Waals surface area contributed by atoms with Crippen molar-refractivity contribution in [2.75, 3.05) is 6.61 Å². The highest BCUT2D eigenvalue weighted by molar-refractivity contribution is 5.72. The van der Waals surface area contributed by atoms with Crippen molar-refractivity contribution in [1.82, 2.24) is 0 Å². The molecule has 0 aromatic carbocycles.